The lowest BCUT2D eigenvalue weighted by Crippen LogP contribution is -2.43. The number of carbonyl (C=O) groups excluding carboxylic acids is 2. The minimum absolute atomic E-state index is 0.0787. The summed E-state index contributed by atoms with van der Waals surface area (Å²) in [6.45, 7) is 10.0. The van der Waals surface area contributed by atoms with Crippen LogP contribution in [0.25, 0.3) is 10.8 Å². The molecular formula is C21H25N5O3. The molecule has 8 nitrogen and oxygen atoms in total. The molecule has 1 aromatic carbocycles. The lowest BCUT2D eigenvalue weighted by Gasteiger charge is -2.14. The molecule has 0 atom stereocenters. The third kappa shape index (κ3) is 3.65. The third-order valence-corrected chi connectivity index (χ3v) is 4.92. The van der Waals surface area contributed by atoms with Gasteiger partial charge in [-0.3, -0.25) is 25.2 Å². The molecule has 2 aromatic heterocycles. The molecule has 0 fully saturated rings. The maximum Gasteiger partial charge on any atom is 0.290 e. The number of rotatable bonds is 4. The molecule has 0 bridgehead atoms. The lowest BCUT2D eigenvalue weighted by molar-refractivity contribution is 0.0843. The first-order valence-corrected chi connectivity index (χ1v) is 9.55. The van der Waals surface area contributed by atoms with Crippen LogP contribution in [0.3, 0.4) is 0 Å². The number of carbonyl (C=O) groups is 2. The number of fused-ring (bicyclic) bond motifs is 1. The van der Waals surface area contributed by atoms with Crippen molar-refractivity contribution in [3.63, 3.8) is 0 Å². The molecule has 152 valence electrons. The van der Waals surface area contributed by atoms with E-state index in [1.807, 2.05) is 27.7 Å². The summed E-state index contributed by atoms with van der Waals surface area (Å²) in [5.41, 5.74) is 6.98. The van der Waals surface area contributed by atoms with Gasteiger partial charge >= 0.3 is 0 Å². The van der Waals surface area contributed by atoms with Gasteiger partial charge in [-0.15, -0.1) is 0 Å². The third-order valence-electron chi connectivity index (χ3n) is 4.92. The molecule has 0 unspecified atom stereocenters. The van der Waals surface area contributed by atoms with Gasteiger partial charge in [0.1, 0.15) is 0 Å². The number of benzene rings is 1. The monoisotopic (exact) mass is 395 g/mol. The number of aromatic nitrogens is 3. The van der Waals surface area contributed by atoms with Crippen LogP contribution in [0.4, 0.5) is 0 Å². The van der Waals surface area contributed by atoms with Crippen LogP contribution in [0.5, 0.6) is 0 Å². The predicted molar refractivity (Wildman–Crippen MR) is 111 cm³/mol. The average molecular weight is 395 g/mol. The first-order valence-electron chi connectivity index (χ1n) is 9.55. The largest absolute Gasteiger partial charge is 0.346 e. The summed E-state index contributed by atoms with van der Waals surface area (Å²) in [5.74, 6) is -0.999. The van der Waals surface area contributed by atoms with Gasteiger partial charge in [0.15, 0.2) is 5.69 Å². The molecule has 2 amide bonds. The van der Waals surface area contributed by atoms with Gasteiger partial charge in [-0.05, 0) is 46.8 Å². The van der Waals surface area contributed by atoms with Crippen molar-refractivity contribution >= 4 is 22.6 Å². The molecule has 0 radical (unpaired) electrons. The highest BCUT2D eigenvalue weighted by atomic mass is 16.2. The second-order valence-corrected chi connectivity index (χ2v) is 7.17. The van der Waals surface area contributed by atoms with Crippen molar-refractivity contribution in [2.45, 2.75) is 47.2 Å². The van der Waals surface area contributed by atoms with Crippen molar-refractivity contribution in [2.75, 3.05) is 0 Å². The Morgan fingerprint density at radius 2 is 1.69 bits per heavy atom. The number of aryl methyl sites for hydroxylation is 2. The molecule has 3 aromatic rings. The van der Waals surface area contributed by atoms with E-state index in [2.05, 4.69) is 20.5 Å². The van der Waals surface area contributed by atoms with E-state index >= 15 is 0 Å². The Bertz CT molecular complexity index is 1160. The second-order valence-electron chi connectivity index (χ2n) is 7.17. The van der Waals surface area contributed by atoms with Crippen LogP contribution in [0.2, 0.25) is 0 Å². The Morgan fingerprint density at radius 3 is 2.28 bits per heavy atom. The summed E-state index contributed by atoms with van der Waals surface area (Å²) in [6, 6.07) is 8.80. The minimum Gasteiger partial charge on any atom is -0.346 e. The fourth-order valence-corrected chi connectivity index (χ4v) is 3.66. The maximum atomic E-state index is 12.7. The van der Waals surface area contributed by atoms with E-state index in [-0.39, 0.29) is 17.3 Å². The predicted octanol–water partition coefficient (Wildman–Crippen LogP) is 2.49. The summed E-state index contributed by atoms with van der Waals surface area (Å²) >= 11 is 0. The summed E-state index contributed by atoms with van der Waals surface area (Å²) in [4.78, 5) is 37.8. The minimum atomic E-state index is -0.589. The van der Waals surface area contributed by atoms with Crippen molar-refractivity contribution in [1.82, 2.24) is 25.2 Å². The Kier molecular flexibility index (Phi) is 5.54. The van der Waals surface area contributed by atoms with E-state index in [9.17, 15) is 14.4 Å². The summed E-state index contributed by atoms with van der Waals surface area (Å²) in [7, 11) is 0. The number of hydrazine groups is 1. The second kappa shape index (κ2) is 7.90. The maximum absolute atomic E-state index is 12.7. The summed E-state index contributed by atoms with van der Waals surface area (Å²) < 4.78 is 3.29. The van der Waals surface area contributed by atoms with Gasteiger partial charge in [-0.25, -0.2) is 4.68 Å². The number of nitrogens with one attached hydrogen (secondary N) is 2. The topological polar surface area (TPSA) is 98.0 Å². The Labute approximate surface area is 168 Å². The standard InChI is InChI=1S/C21H25N5O3/c1-6-25-21(29)16-10-8-7-9-15(16)18(24-25)20(28)23-22-19(27)17-11-13(4)26(12(2)3)14(17)5/h7-12H,6H2,1-5H3,(H,22,27)(H,23,28). The molecule has 0 saturated heterocycles. The van der Waals surface area contributed by atoms with Crippen LogP contribution >= 0.6 is 0 Å². The Balaban J connectivity index is 1.87. The fourth-order valence-electron chi connectivity index (χ4n) is 3.66. The van der Waals surface area contributed by atoms with Crippen molar-refractivity contribution in [2.24, 2.45) is 0 Å². The number of nitrogens with zero attached hydrogens (tertiary/aromatic N) is 3. The Morgan fingerprint density at radius 1 is 1.07 bits per heavy atom. The molecular weight excluding hydrogens is 370 g/mol. The van der Waals surface area contributed by atoms with Gasteiger partial charge in [-0.1, -0.05) is 18.2 Å². The van der Waals surface area contributed by atoms with E-state index in [0.29, 0.717) is 22.9 Å². The van der Waals surface area contributed by atoms with Crippen molar-refractivity contribution in [3.05, 3.63) is 63.3 Å². The Hall–Kier alpha value is -3.42. The molecule has 0 aliphatic heterocycles. The molecule has 2 heterocycles. The van der Waals surface area contributed by atoms with Crippen LogP contribution in [0.1, 0.15) is 59.0 Å². The molecule has 0 aliphatic rings. The van der Waals surface area contributed by atoms with Crippen molar-refractivity contribution in [3.8, 4) is 0 Å². The SMILES string of the molecule is CCn1nc(C(=O)NNC(=O)c2cc(C)n(C(C)C)c2C)c2ccccc2c1=O. The molecule has 2 N–H and O–H groups in total. The van der Waals surface area contributed by atoms with Gasteiger partial charge in [-0.2, -0.15) is 5.10 Å². The van der Waals surface area contributed by atoms with Crippen LogP contribution in [-0.2, 0) is 6.54 Å². The quantitative estimate of drug-likeness (QED) is 0.663. The normalized spacial score (nSPS) is 11.1. The number of hydrogen-bond donors (Lipinski definition) is 2. The summed E-state index contributed by atoms with van der Waals surface area (Å²) in [6.07, 6.45) is 0. The van der Waals surface area contributed by atoms with E-state index in [4.69, 9.17) is 0 Å². The zero-order valence-electron chi connectivity index (χ0n) is 17.2. The van der Waals surface area contributed by atoms with Gasteiger partial charge in [0.2, 0.25) is 0 Å². The van der Waals surface area contributed by atoms with Gasteiger partial charge in [0.25, 0.3) is 17.4 Å². The molecule has 0 spiro atoms. The average Bonchev–Trinajstić information content (AvgIpc) is 3.00. The first-order chi connectivity index (χ1) is 13.8. The molecule has 29 heavy (non-hydrogen) atoms. The van der Waals surface area contributed by atoms with Gasteiger partial charge in [0, 0.05) is 29.4 Å². The smallest absolute Gasteiger partial charge is 0.290 e. The first kappa shape index (κ1) is 20.3. The van der Waals surface area contributed by atoms with E-state index in [1.165, 1.54) is 4.68 Å². The van der Waals surface area contributed by atoms with E-state index in [1.54, 1.807) is 37.3 Å². The zero-order valence-corrected chi connectivity index (χ0v) is 17.2. The van der Waals surface area contributed by atoms with Crippen LogP contribution < -0.4 is 16.4 Å². The van der Waals surface area contributed by atoms with Crippen molar-refractivity contribution in [1.29, 1.82) is 0 Å². The van der Waals surface area contributed by atoms with Crippen LogP contribution in [0, 0.1) is 13.8 Å². The highest BCUT2D eigenvalue weighted by Gasteiger charge is 2.20. The zero-order chi connectivity index (χ0) is 21.3. The molecule has 3 rings (SSSR count). The van der Waals surface area contributed by atoms with Crippen LogP contribution in [0.15, 0.2) is 35.1 Å². The van der Waals surface area contributed by atoms with Crippen LogP contribution in [-0.4, -0.2) is 26.2 Å². The van der Waals surface area contributed by atoms with Gasteiger partial charge < -0.3 is 4.57 Å². The van der Waals surface area contributed by atoms with E-state index in [0.717, 1.165) is 11.4 Å². The highest BCUT2D eigenvalue weighted by molar-refractivity contribution is 6.06. The number of hydrogen-bond acceptors (Lipinski definition) is 4. The molecule has 8 heteroatoms. The number of amides is 2. The van der Waals surface area contributed by atoms with Crippen molar-refractivity contribution < 1.29 is 9.59 Å². The highest BCUT2D eigenvalue weighted by Crippen LogP contribution is 2.20. The lowest BCUT2D eigenvalue weighted by atomic mass is 10.1. The van der Waals surface area contributed by atoms with Gasteiger partial charge in [0.05, 0.1) is 10.9 Å². The fraction of sp³-hybridized carbons (Fsp3) is 0.333. The molecule has 0 aliphatic carbocycles. The summed E-state index contributed by atoms with van der Waals surface area (Å²) in [5, 5.41) is 5.01. The molecule has 0 saturated carbocycles. The van der Waals surface area contributed by atoms with E-state index < -0.39 is 11.8 Å².